The van der Waals surface area contributed by atoms with Gasteiger partial charge in [0.2, 0.25) is 4.96 Å². The van der Waals surface area contributed by atoms with Gasteiger partial charge >= 0.3 is 0 Å². The van der Waals surface area contributed by atoms with Crippen LogP contribution in [0.2, 0.25) is 0 Å². The number of ether oxygens (including phenoxy) is 1. The number of nitrogens with zero attached hydrogens (tertiary/aromatic N) is 4. The fourth-order valence-corrected chi connectivity index (χ4v) is 3.84. The van der Waals surface area contributed by atoms with Crippen LogP contribution in [-0.2, 0) is 16.8 Å². The van der Waals surface area contributed by atoms with Crippen LogP contribution in [0, 0.1) is 0 Å². The van der Waals surface area contributed by atoms with Gasteiger partial charge in [-0.05, 0) is 25.8 Å². The van der Waals surface area contributed by atoms with E-state index in [9.17, 15) is 0 Å². The fourth-order valence-electron chi connectivity index (χ4n) is 2.69. The Morgan fingerprint density at radius 3 is 3.05 bits per heavy atom. The fraction of sp³-hybridized carbons (Fsp3) is 0.750. The second-order valence-corrected chi connectivity index (χ2v) is 6.02. The molecule has 0 saturated carbocycles. The van der Waals surface area contributed by atoms with E-state index in [2.05, 4.69) is 22.4 Å². The lowest BCUT2D eigenvalue weighted by molar-refractivity contribution is 0.175. The molecule has 0 amide bonds. The van der Waals surface area contributed by atoms with E-state index in [4.69, 9.17) is 9.84 Å². The maximum atomic E-state index is 5.13. The quantitative estimate of drug-likeness (QED) is 0.917. The second-order valence-electron chi connectivity index (χ2n) is 5.07. The van der Waals surface area contributed by atoms with Crippen molar-refractivity contribution in [3.63, 3.8) is 0 Å². The molecule has 0 spiro atoms. The molecule has 1 aliphatic heterocycles. The predicted molar refractivity (Wildman–Crippen MR) is 73.4 cm³/mol. The average molecular weight is 281 g/mol. The minimum Gasteiger partial charge on any atom is -0.377 e. The van der Waals surface area contributed by atoms with Crippen molar-refractivity contribution in [1.82, 2.24) is 25.1 Å². The minimum atomic E-state index is 0.161. The summed E-state index contributed by atoms with van der Waals surface area (Å²) < 4.78 is 6.96. The van der Waals surface area contributed by atoms with Crippen LogP contribution in [0.3, 0.4) is 0 Å². The Bertz CT molecular complexity index is 557. The van der Waals surface area contributed by atoms with E-state index in [1.54, 1.807) is 18.4 Å². The van der Waals surface area contributed by atoms with Crippen molar-refractivity contribution in [2.45, 2.75) is 38.2 Å². The summed E-state index contributed by atoms with van der Waals surface area (Å²) in [4.78, 5) is 0.862. The zero-order valence-corrected chi connectivity index (χ0v) is 12.2. The summed E-state index contributed by atoms with van der Waals surface area (Å²) in [6.07, 6.45) is 3.50. The first-order chi connectivity index (χ1) is 9.29. The van der Waals surface area contributed by atoms with E-state index in [0.717, 1.165) is 30.3 Å². The smallest absolute Gasteiger partial charge is 0.234 e. The molecule has 1 unspecified atom stereocenters. The number of aromatic nitrogens is 4. The van der Waals surface area contributed by atoms with Crippen molar-refractivity contribution in [3.05, 3.63) is 10.8 Å². The Balaban J connectivity index is 1.99. The van der Waals surface area contributed by atoms with E-state index in [1.165, 1.54) is 17.8 Å². The third-order valence-electron chi connectivity index (χ3n) is 3.93. The van der Waals surface area contributed by atoms with E-state index in [0.29, 0.717) is 6.61 Å². The molecule has 6 nitrogen and oxygen atoms in total. The highest BCUT2D eigenvalue weighted by Gasteiger charge is 2.36. The van der Waals surface area contributed by atoms with Gasteiger partial charge < -0.3 is 10.1 Å². The van der Waals surface area contributed by atoms with Crippen LogP contribution in [0.1, 0.15) is 37.0 Å². The van der Waals surface area contributed by atoms with Gasteiger partial charge in [-0.3, -0.25) is 0 Å². The molecule has 2 aromatic rings. The Hall–Kier alpha value is -1.05. The topological polar surface area (TPSA) is 64.3 Å². The van der Waals surface area contributed by atoms with Gasteiger partial charge in [0, 0.05) is 19.1 Å². The Kier molecular flexibility index (Phi) is 3.51. The van der Waals surface area contributed by atoms with Gasteiger partial charge in [0.05, 0.1) is 0 Å². The van der Waals surface area contributed by atoms with Crippen LogP contribution in [0.5, 0.6) is 0 Å². The van der Waals surface area contributed by atoms with Crippen molar-refractivity contribution in [1.29, 1.82) is 0 Å². The molecule has 0 bridgehead atoms. The largest absolute Gasteiger partial charge is 0.377 e. The van der Waals surface area contributed by atoms with E-state index >= 15 is 0 Å². The van der Waals surface area contributed by atoms with Gasteiger partial charge in [-0.2, -0.15) is 9.61 Å². The number of hydrogen-bond donors (Lipinski definition) is 1. The SMILES string of the molecule is CCC1(c2nn3c(COC)nnc3s2)CCCNC1. The van der Waals surface area contributed by atoms with Gasteiger partial charge in [0.25, 0.3) is 0 Å². The molecule has 2 aromatic heterocycles. The molecule has 19 heavy (non-hydrogen) atoms. The molecule has 0 aliphatic carbocycles. The number of piperidine rings is 1. The van der Waals surface area contributed by atoms with Crippen molar-refractivity contribution < 1.29 is 4.74 Å². The van der Waals surface area contributed by atoms with Gasteiger partial charge in [0.1, 0.15) is 11.6 Å². The minimum absolute atomic E-state index is 0.161. The zero-order valence-electron chi connectivity index (χ0n) is 11.3. The Morgan fingerprint density at radius 2 is 2.37 bits per heavy atom. The predicted octanol–water partition coefficient (Wildman–Crippen LogP) is 1.36. The summed E-state index contributed by atoms with van der Waals surface area (Å²) >= 11 is 1.66. The van der Waals surface area contributed by atoms with E-state index in [-0.39, 0.29) is 5.41 Å². The Labute approximate surface area is 116 Å². The number of hydrogen-bond acceptors (Lipinski definition) is 6. The highest BCUT2D eigenvalue weighted by Crippen LogP contribution is 2.36. The molecule has 1 fully saturated rings. The first-order valence-corrected chi connectivity index (χ1v) is 7.52. The van der Waals surface area contributed by atoms with Crippen molar-refractivity contribution in [2.24, 2.45) is 0 Å². The summed E-state index contributed by atoms with van der Waals surface area (Å²) in [5.41, 5.74) is 0.161. The molecule has 1 N–H and O–H groups in total. The molecule has 1 aliphatic rings. The molecule has 1 atom stereocenters. The summed E-state index contributed by atoms with van der Waals surface area (Å²) in [5.74, 6) is 0.773. The first kappa shape index (κ1) is 13.0. The number of rotatable bonds is 4. The second kappa shape index (κ2) is 5.15. The van der Waals surface area contributed by atoms with E-state index < -0.39 is 0 Å². The molecule has 0 radical (unpaired) electrons. The highest BCUT2D eigenvalue weighted by atomic mass is 32.1. The molecule has 104 valence electrons. The lowest BCUT2D eigenvalue weighted by Crippen LogP contribution is -2.43. The lowest BCUT2D eigenvalue weighted by Gasteiger charge is -2.34. The molecule has 3 heterocycles. The summed E-state index contributed by atoms with van der Waals surface area (Å²) in [6, 6.07) is 0. The molecule has 1 saturated heterocycles. The molecular weight excluding hydrogens is 262 g/mol. The van der Waals surface area contributed by atoms with Crippen LogP contribution in [0.25, 0.3) is 4.96 Å². The van der Waals surface area contributed by atoms with Crippen LogP contribution in [-0.4, -0.2) is 40.0 Å². The number of nitrogens with one attached hydrogen (secondary N) is 1. The van der Waals surface area contributed by atoms with Crippen LogP contribution < -0.4 is 5.32 Å². The standard InChI is InChI=1S/C12H19N5OS/c1-3-12(5-4-6-13-8-12)10-16-17-9(7-18-2)14-15-11(17)19-10/h13H,3-8H2,1-2H3. The monoisotopic (exact) mass is 281 g/mol. The highest BCUT2D eigenvalue weighted by molar-refractivity contribution is 7.16. The summed E-state index contributed by atoms with van der Waals surface area (Å²) in [7, 11) is 1.66. The zero-order chi connectivity index (χ0) is 13.3. The third kappa shape index (κ3) is 2.15. The summed E-state index contributed by atoms with van der Waals surface area (Å²) in [5, 5.41) is 17.7. The van der Waals surface area contributed by atoms with Crippen molar-refractivity contribution >= 4 is 16.3 Å². The molecule has 0 aromatic carbocycles. The third-order valence-corrected chi connectivity index (χ3v) is 5.08. The van der Waals surface area contributed by atoms with Gasteiger partial charge in [-0.15, -0.1) is 10.2 Å². The van der Waals surface area contributed by atoms with Crippen LogP contribution >= 0.6 is 11.3 Å². The number of methoxy groups -OCH3 is 1. The van der Waals surface area contributed by atoms with Gasteiger partial charge in [0.15, 0.2) is 5.82 Å². The molecule has 3 rings (SSSR count). The number of fused-ring (bicyclic) bond motifs is 1. The van der Waals surface area contributed by atoms with E-state index in [1.807, 2.05) is 4.52 Å². The van der Waals surface area contributed by atoms with Gasteiger partial charge in [-0.1, -0.05) is 18.3 Å². The van der Waals surface area contributed by atoms with Crippen LogP contribution in [0.4, 0.5) is 0 Å². The summed E-state index contributed by atoms with van der Waals surface area (Å²) in [6.45, 7) is 4.81. The molecular formula is C12H19N5OS. The first-order valence-electron chi connectivity index (χ1n) is 6.70. The van der Waals surface area contributed by atoms with Gasteiger partial charge in [-0.25, -0.2) is 0 Å². The van der Waals surface area contributed by atoms with Crippen LogP contribution in [0.15, 0.2) is 0 Å². The molecule has 7 heteroatoms. The Morgan fingerprint density at radius 1 is 1.47 bits per heavy atom. The maximum absolute atomic E-state index is 5.13. The average Bonchev–Trinajstić information content (AvgIpc) is 3.02. The maximum Gasteiger partial charge on any atom is 0.234 e. The van der Waals surface area contributed by atoms with Crippen molar-refractivity contribution in [3.8, 4) is 0 Å². The lowest BCUT2D eigenvalue weighted by atomic mass is 9.79. The van der Waals surface area contributed by atoms with Crippen molar-refractivity contribution in [2.75, 3.05) is 20.2 Å². The normalized spacial score (nSPS) is 24.1.